The number of carbonyl (C=O) groups is 1. The first-order valence-corrected chi connectivity index (χ1v) is 8.09. The molecule has 2 heterocycles. The normalized spacial score (nSPS) is 11.5. The van der Waals surface area contributed by atoms with Crippen LogP contribution in [0.15, 0.2) is 35.0 Å². The summed E-state index contributed by atoms with van der Waals surface area (Å²) in [6.45, 7) is 1.85. The Morgan fingerprint density at radius 3 is 2.90 bits per heavy atom. The van der Waals surface area contributed by atoms with E-state index >= 15 is 0 Å². The van der Waals surface area contributed by atoms with Crippen LogP contribution >= 0.6 is 22.7 Å². The van der Waals surface area contributed by atoms with E-state index in [0.29, 0.717) is 0 Å². The fraction of sp³-hybridized carbons (Fsp3) is 0.267. The summed E-state index contributed by atoms with van der Waals surface area (Å²) in [5.41, 5.74) is 1.00. The van der Waals surface area contributed by atoms with Crippen LogP contribution in [0.1, 0.15) is 15.3 Å². The van der Waals surface area contributed by atoms with Gasteiger partial charge in [0.25, 0.3) is 0 Å². The number of aliphatic carboxylic acids is 1. The van der Waals surface area contributed by atoms with Crippen molar-refractivity contribution in [2.45, 2.75) is 13.0 Å². The van der Waals surface area contributed by atoms with Crippen LogP contribution in [-0.2, 0) is 17.8 Å². The molecule has 2 aromatic heterocycles. The zero-order valence-corrected chi connectivity index (χ0v) is 12.9. The molecule has 2 aromatic rings. The van der Waals surface area contributed by atoms with Gasteiger partial charge in [0.15, 0.2) is 0 Å². The molecule has 0 amide bonds. The Labute approximate surface area is 126 Å². The fourth-order valence-corrected chi connectivity index (χ4v) is 3.51. The second-order valence-corrected chi connectivity index (χ2v) is 6.57. The van der Waals surface area contributed by atoms with Crippen LogP contribution in [0.5, 0.6) is 0 Å². The standard InChI is InChI=1S/C15H17NO2S2/c1-16(8-6-13-3-2-9-19-13)11-14-12(7-10-20-14)4-5-15(17)18/h2-5,7,9-10H,6,8,11H2,1H3,(H,17,18). The van der Waals surface area contributed by atoms with E-state index in [1.54, 1.807) is 28.7 Å². The van der Waals surface area contributed by atoms with E-state index in [0.717, 1.165) is 25.1 Å². The van der Waals surface area contributed by atoms with Crippen LogP contribution < -0.4 is 0 Å². The maximum Gasteiger partial charge on any atom is 0.328 e. The van der Waals surface area contributed by atoms with E-state index in [9.17, 15) is 4.79 Å². The molecule has 0 fully saturated rings. The summed E-state index contributed by atoms with van der Waals surface area (Å²) in [6, 6.07) is 6.20. The van der Waals surface area contributed by atoms with Crippen molar-refractivity contribution in [1.29, 1.82) is 0 Å². The van der Waals surface area contributed by atoms with Gasteiger partial charge in [-0.3, -0.25) is 0 Å². The molecular weight excluding hydrogens is 290 g/mol. The van der Waals surface area contributed by atoms with Gasteiger partial charge in [-0.25, -0.2) is 4.79 Å². The smallest absolute Gasteiger partial charge is 0.328 e. The van der Waals surface area contributed by atoms with Gasteiger partial charge in [-0.1, -0.05) is 6.07 Å². The molecule has 1 N–H and O–H groups in total. The van der Waals surface area contributed by atoms with Crippen molar-refractivity contribution in [3.63, 3.8) is 0 Å². The number of rotatable bonds is 7. The monoisotopic (exact) mass is 307 g/mol. The number of thiophene rings is 2. The summed E-state index contributed by atoms with van der Waals surface area (Å²) in [7, 11) is 2.10. The van der Waals surface area contributed by atoms with Gasteiger partial charge in [0.1, 0.15) is 0 Å². The highest BCUT2D eigenvalue weighted by Gasteiger charge is 2.06. The summed E-state index contributed by atoms with van der Waals surface area (Å²) < 4.78 is 0. The van der Waals surface area contributed by atoms with Gasteiger partial charge in [0.05, 0.1) is 0 Å². The largest absolute Gasteiger partial charge is 0.478 e. The first-order valence-electron chi connectivity index (χ1n) is 6.33. The lowest BCUT2D eigenvalue weighted by Gasteiger charge is -2.15. The van der Waals surface area contributed by atoms with Crippen molar-refractivity contribution in [3.8, 4) is 0 Å². The van der Waals surface area contributed by atoms with Crippen LogP contribution in [0, 0.1) is 0 Å². The minimum atomic E-state index is -0.909. The number of likely N-dealkylation sites (N-methyl/N-ethyl adjacent to an activating group) is 1. The van der Waals surface area contributed by atoms with Crippen LogP contribution in [0.2, 0.25) is 0 Å². The highest BCUT2D eigenvalue weighted by molar-refractivity contribution is 7.10. The minimum Gasteiger partial charge on any atom is -0.478 e. The third kappa shape index (κ3) is 4.59. The average Bonchev–Trinajstić information content (AvgIpc) is 3.05. The molecule has 5 heteroatoms. The lowest BCUT2D eigenvalue weighted by Crippen LogP contribution is -2.20. The summed E-state index contributed by atoms with van der Waals surface area (Å²) in [5.74, 6) is -0.909. The zero-order valence-electron chi connectivity index (χ0n) is 11.3. The first kappa shape index (κ1) is 15.0. The Hall–Kier alpha value is -1.43. The van der Waals surface area contributed by atoms with Crippen molar-refractivity contribution in [3.05, 3.63) is 50.4 Å². The molecule has 0 aliphatic carbocycles. The number of carboxylic acid groups (broad SMARTS) is 1. The summed E-state index contributed by atoms with van der Waals surface area (Å²) in [6.07, 6.45) is 3.91. The Bertz CT molecular complexity index is 572. The van der Waals surface area contributed by atoms with E-state index < -0.39 is 5.97 Å². The van der Waals surface area contributed by atoms with E-state index in [1.165, 1.54) is 15.8 Å². The van der Waals surface area contributed by atoms with E-state index in [-0.39, 0.29) is 0 Å². The number of carboxylic acids is 1. The molecule has 106 valence electrons. The minimum absolute atomic E-state index is 0.850. The van der Waals surface area contributed by atoms with Crippen LogP contribution in [0.25, 0.3) is 6.08 Å². The molecule has 0 spiro atoms. The lowest BCUT2D eigenvalue weighted by atomic mass is 10.2. The Kier molecular flexibility index (Phi) is 5.52. The fourth-order valence-electron chi connectivity index (χ4n) is 1.87. The predicted octanol–water partition coefficient (Wildman–Crippen LogP) is 3.58. The number of hydrogen-bond acceptors (Lipinski definition) is 4. The molecule has 0 saturated heterocycles. The van der Waals surface area contributed by atoms with Gasteiger partial charge in [0.2, 0.25) is 0 Å². The molecule has 0 unspecified atom stereocenters. The molecule has 0 bridgehead atoms. The van der Waals surface area contributed by atoms with Gasteiger partial charge < -0.3 is 10.0 Å². The predicted molar refractivity (Wildman–Crippen MR) is 85.3 cm³/mol. The summed E-state index contributed by atoms with van der Waals surface area (Å²) in [5, 5.41) is 12.8. The Morgan fingerprint density at radius 2 is 2.20 bits per heavy atom. The summed E-state index contributed by atoms with van der Waals surface area (Å²) in [4.78, 5) is 15.4. The van der Waals surface area contributed by atoms with Crippen molar-refractivity contribution in [2.24, 2.45) is 0 Å². The van der Waals surface area contributed by atoms with Gasteiger partial charge >= 0.3 is 5.97 Å². The quantitative estimate of drug-likeness (QED) is 0.795. The lowest BCUT2D eigenvalue weighted by molar-refractivity contribution is -0.131. The van der Waals surface area contributed by atoms with Crippen LogP contribution in [-0.4, -0.2) is 29.6 Å². The highest BCUT2D eigenvalue weighted by Crippen LogP contribution is 2.20. The van der Waals surface area contributed by atoms with E-state index in [2.05, 4.69) is 29.5 Å². The van der Waals surface area contributed by atoms with E-state index in [4.69, 9.17) is 5.11 Å². The average molecular weight is 307 g/mol. The topological polar surface area (TPSA) is 40.5 Å². The molecule has 0 saturated carbocycles. The van der Waals surface area contributed by atoms with Gasteiger partial charge in [-0.15, -0.1) is 22.7 Å². The molecule has 0 aromatic carbocycles. The third-order valence-electron chi connectivity index (χ3n) is 2.92. The molecule has 0 aliphatic rings. The maximum absolute atomic E-state index is 10.6. The van der Waals surface area contributed by atoms with Crippen molar-refractivity contribution in [2.75, 3.05) is 13.6 Å². The SMILES string of the molecule is CN(CCc1cccs1)Cc1sccc1C=CC(=O)O. The molecule has 0 atom stereocenters. The van der Waals surface area contributed by atoms with Crippen LogP contribution in [0.4, 0.5) is 0 Å². The molecule has 3 nitrogen and oxygen atoms in total. The third-order valence-corrected chi connectivity index (χ3v) is 4.78. The van der Waals surface area contributed by atoms with Gasteiger partial charge in [-0.2, -0.15) is 0 Å². The van der Waals surface area contributed by atoms with Crippen LogP contribution in [0.3, 0.4) is 0 Å². The maximum atomic E-state index is 10.6. The molecule has 2 rings (SSSR count). The molecule has 0 aliphatic heterocycles. The first-order chi connectivity index (χ1) is 9.65. The van der Waals surface area contributed by atoms with Crippen molar-refractivity contribution in [1.82, 2.24) is 4.90 Å². The molecular formula is C15H17NO2S2. The number of hydrogen-bond donors (Lipinski definition) is 1. The second-order valence-electron chi connectivity index (χ2n) is 4.54. The zero-order chi connectivity index (χ0) is 14.4. The molecule has 0 radical (unpaired) electrons. The molecule has 20 heavy (non-hydrogen) atoms. The Morgan fingerprint density at radius 1 is 1.35 bits per heavy atom. The number of nitrogens with zero attached hydrogens (tertiary/aromatic N) is 1. The van der Waals surface area contributed by atoms with Gasteiger partial charge in [-0.05, 0) is 48.0 Å². The summed E-state index contributed by atoms with van der Waals surface area (Å²) >= 11 is 3.46. The second kappa shape index (κ2) is 7.38. The highest BCUT2D eigenvalue weighted by atomic mass is 32.1. The van der Waals surface area contributed by atoms with E-state index in [1.807, 2.05) is 11.4 Å². The van der Waals surface area contributed by atoms with Crippen molar-refractivity contribution >= 4 is 34.7 Å². The Balaban J connectivity index is 1.89. The van der Waals surface area contributed by atoms with Crippen molar-refractivity contribution < 1.29 is 9.90 Å². The van der Waals surface area contributed by atoms with Gasteiger partial charge in [0, 0.05) is 28.9 Å².